The van der Waals surface area contributed by atoms with Gasteiger partial charge in [0, 0.05) is 19.6 Å². The second-order valence-corrected chi connectivity index (χ2v) is 5.70. The first-order chi connectivity index (χ1) is 9.19. The molecule has 0 spiro atoms. The third-order valence-corrected chi connectivity index (χ3v) is 3.34. The van der Waals surface area contributed by atoms with Crippen LogP contribution in [0.25, 0.3) is 0 Å². The van der Waals surface area contributed by atoms with Crippen LogP contribution in [0.4, 0.5) is 4.79 Å². The van der Waals surface area contributed by atoms with Gasteiger partial charge in [-0.15, -0.1) is 0 Å². The first-order valence-corrected chi connectivity index (χ1v) is 6.59. The summed E-state index contributed by atoms with van der Waals surface area (Å²) in [6, 6.07) is -0.366. The molecule has 114 valence electrons. The molecule has 7 heteroatoms. The number of ether oxygens (including phenoxy) is 1. The van der Waals surface area contributed by atoms with Crippen molar-refractivity contribution in [2.45, 2.75) is 26.3 Å². The molecule has 1 heterocycles. The Hall–Kier alpha value is -1.63. The number of urea groups is 1. The van der Waals surface area contributed by atoms with Gasteiger partial charge in [-0.2, -0.15) is 0 Å². The SMILES string of the molecule is COC(=O)C(C)CN(C)CCN1C(=O)NC(C)(C)C1=O. The number of hydrogen-bond acceptors (Lipinski definition) is 5. The molecule has 1 saturated heterocycles. The molecule has 1 N–H and O–H groups in total. The lowest BCUT2D eigenvalue weighted by Crippen LogP contribution is -2.42. The predicted octanol–water partition coefficient (Wildman–Crippen LogP) is 0.0577. The van der Waals surface area contributed by atoms with Gasteiger partial charge in [0.25, 0.3) is 5.91 Å². The summed E-state index contributed by atoms with van der Waals surface area (Å²) in [6.45, 7) is 6.46. The summed E-state index contributed by atoms with van der Waals surface area (Å²) in [4.78, 5) is 38.1. The second-order valence-electron chi connectivity index (χ2n) is 5.70. The van der Waals surface area contributed by atoms with Gasteiger partial charge in [-0.25, -0.2) is 4.79 Å². The van der Waals surface area contributed by atoms with Crippen LogP contribution in [0.15, 0.2) is 0 Å². The van der Waals surface area contributed by atoms with Crippen LogP contribution < -0.4 is 5.32 Å². The highest BCUT2D eigenvalue weighted by atomic mass is 16.5. The van der Waals surface area contributed by atoms with E-state index in [0.717, 1.165) is 0 Å². The molecule has 0 bridgehead atoms. The van der Waals surface area contributed by atoms with Crippen molar-refractivity contribution in [3.05, 3.63) is 0 Å². The molecule has 1 rings (SSSR count). The van der Waals surface area contributed by atoms with Crippen LogP contribution >= 0.6 is 0 Å². The number of nitrogens with zero attached hydrogens (tertiary/aromatic N) is 2. The lowest BCUT2D eigenvalue weighted by molar-refractivity contribution is -0.145. The molecule has 7 nitrogen and oxygen atoms in total. The fourth-order valence-corrected chi connectivity index (χ4v) is 2.13. The maximum Gasteiger partial charge on any atom is 0.325 e. The third kappa shape index (κ3) is 3.69. The van der Waals surface area contributed by atoms with Crippen LogP contribution in [0.2, 0.25) is 0 Å². The van der Waals surface area contributed by atoms with Crippen LogP contribution in [0.5, 0.6) is 0 Å². The molecule has 0 saturated carbocycles. The number of carbonyl (C=O) groups is 3. The smallest absolute Gasteiger partial charge is 0.325 e. The molecule has 3 amide bonds. The topological polar surface area (TPSA) is 79.0 Å². The zero-order chi connectivity index (χ0) is 15.5. The van der Waals surface area contributed by atoms with Crippen molar-refractivity contribution < 1.29 is 19.1 Å². The summed E-state index contributed by atoms with van der Waals surface area (Å²) >= 11 is 0. The average molecular weight is 285 g/mol. The van der Waals surface area contributed by atoms with Crippen molar-refractivity contribution in [2.24, 2.45) is 5.92 Å². The second kappa shape index (κ2) is 6.21. The Morgan fingerprint density at radius 3 is 2.50 bits per heavy atom. The highest BCUT2D eigenvalue weighted by Crippen LogP contribution is 2.16. The molecule has 0 radical (unpaired) electrons. The molecule has 20 heavy (non-hydrogen) atoms. The van der Waals surface area contributed by atoms with E-state index in [9.17, 15) is 14.4 Å². The molecule has 1 atom stereocenters. The summed E-state index contributed by atoms with van der Waals surface area (Å²) in [5.41, 5.74) is -0.838. The fraction of sp³-hybridized carbons (Fsp3) is 0.769. The monoisotopic (exact) mass is 285 g/mol. The van der Waals surface area contributed by atoms with Gasteiger partial charge in [0.1, 0.15) is 5.54 Å². The number of amides is 3. The lowest BCUT2D eigenvalue weighted by Gasteiger charge is -2.22. The van der Waals surface area contributed by atoms with E-state index in [1.165, 1.54) is 12.0 Å². The van der Waals surface area contributed by atoms with Crippen molar-refractivity contribution in [3.8, 4) is 0 Å². The van der Waals surface area contributed by atoms with Crippen LogP contribution in [0.1, 0.15) is 20.8 Å². The maximum atomic E-state index is 12.0. The molecule has 0 aromatic heterocycles. The fourth-order valence-electron chi connectivity index (χ4n) is 2.13. The first-order valence-electron chi connectivity index (χ1n) is 6.59. The standard InChI is InChI=1S/C13H23N3O4/c1-9(10(17)20-5)8-15(4)6-7-16-11(18)13(2,3)14-12(16)19/h9H,6-8H2,1-5H3,(H,14,19). The predicted molar refractivity (Wildman–Crippen MR) is 73.0 cm³/mol. The minimum absolute atomic E-state index is 0.225. The summed E-state index contributed by atoms with van der Waals surface area (Å²) in [5.74, 6) is -0.741. The van der Waals surface area contributed by atoms with Gasteiger partial charge in [-0.3, -0.25) is 14.5 Å². The van der Waals surface area contributed by atoms with Crippen molar-refractivity contribution in [2.75, 3.05) is 33.8 Å². The van der Waals surface area contributed by atoms with E-state index in [2.05, 4.69) is 10.1 Å². The highest BCUT2D eigenvalue weighted by Gasteiger charge is 2.43. The molecule has 0 aromatic rings. The van der Waals surface area contributed by atoms with E-state index in [0.29, 0.717) is 19.6 Å². The van der Waals surface area contributed by atoms with Crippen molar-refractivity contribution in [1.29, 1.82) is 0 Å². The van der Waals surface area contributed by atoms with E-state index < -0.39 is 5.54 Å². The molecule has 0 aromatic carbocycles. The average Bonchev–Trinajstić information content (AvgIpc) is 2.55. The Bertz CT molecular complexity index is 408. The minimum atomic E-state index is -0.838. The van der Waals surface area contributed by atoms with Gasteiger partial charge in [0.2, 0.25) is 0 Å². The number of imide groups is 1. The summed E-state index contributed by atoms with van der Waals surface area (Å²) in [5, 5.41) is 2.63. The van der Waals surface area contributed by atoms with E-state index in [1.54, 1.807) is 20.8 Å². The Morgan fingerprint density at radius 2 is 2.05 bits per heavy atom. The van der Waals surface area contributed by atoms with E-state index in [-0.39, 0.29) is 23.8 Å². The maximum absolute atomic E-state index is 12.0. The number of esters is 1. The van der Waals surface area contributed by atoms with E-state index in [1.807, 2.05) is 11.9 Å². The van der Waals surface area contributed by atoms with Crippen molar-refractivity contribution in [3.63, 3.8) is 0 Å². The molecular formula is C13H23N3O4. The van der Waals surface area contributed by atoms with Gasteiger partial charge in [0.05, 0.1) is 13.0 Å². The van der Waals surface area contributed by atoms with Gasteiger partial charge in [-0.1, -0.05) is 6.92 Å². The molecule has 0 aliphatic carbocycles. The molecular weight excluding hydrogens is 262 g/mol. The normalized spacial score (nSPS) is 19.2. The van der Waals surface area contributed by atoms with Gasteiger partial charge in [-0.05, 0) is 20.9 Å². The number of rotatable bonds is 6. The zero-order valence-corrected chi connectivity index (χ0v) is 12.7. The molecule has 1 unspecified atom stereocenters. The molecule has 1 aliphatic heterocycles. The van der Waals surface area contributed by atoms with Crippen LogP contribution in [0.3, 0.4) is 0 Å². The largest absolute Gasteiger partial charge is 0.469 e. The Balaban J connectivity index is 2.46. The van der Waals surface area contributed by atoms with E-state index >= 15 is 0 Å². The number of nitrogens with one attached hydrogen (secondary N) is 1. The van der Waals surface area contributed by atoms with Gasteiger partial charge < -0.3 is 15.0 Å². The van der Waals surface area contributed by atoms with Crippen LogP contribution in [-0.4, -0.2) is 67.0 Å². The van der Waals surface area contributed by atoms with Crippen LogP contribution in [-0.2, 0) is 14.3 Å². The number of hydrogen-bond donors (Lipinski definition) is 1. The third-order valence-electron chi connectivity index (χ3n) is 3.34. The Labute approximate surface area is 119 Å². The Kier molecular flexibility index (Phi) is 5.10. The van der Waals surface area contributed by atoms with E-state index in [4.69, 9.17) is 0 Å². The summed E-state index contributed by atoms with van der Waals surface area (Å²) < 4.78 is 4.66. The zero-order valence-electron chi connectivity index (χ0n) is 12.7. The summed E-state index contributed by atoms with van der Waals surface area (Å²) in [6.07, 6.45) is 0. The lowest BCUT2D eigenvalue weighted by atomic mass is 10.1. The molecule has 1 fully saturated rings. The quantitative estimate of drug-likeness (QED) is 0.551. The Morgan fingerprint density at radius 1 is 1.45 bits per heavy atom. The molecule has 1 aliphatic rings. The summed E-state index contributed by atoms with van der Waals surface area (Å²) in [7, 11) is 3.19. The van der Waals surface area contributed by atoms with Crippen LogP contribution in [0, 0.1) is 5.92 Å². The highest BCUT2D eigenvalue weighted by molar-refractivity contribution is 6.06. The number of methoxy groups -OCH3 is 1. The first kappa shape index (κ1) is 16.4. The van der Waals surface area contributed by atoms with Crippen molar-refractivity contribution in [1.82, 2.24) is 15.1 Å². The van der Waals surface area contributed by atoms with Gasteiger partial charge >= 0.3 is 12.0 Å². The van der Waals surface area contributed by atoms with Gasteiger partial charge in [0.15, 0.2) is 0 Å². The number of carbonyl (C=O) groups excluding carboxylic acids is 3. The number of likely N-dealkylation sites (N-methyl/N-ethyl adjacent to an activating group) is 1. The van der Waals surface area contributed by atoms with Crippen molar-refractivity contribution >= 4 is 17.9 Å². The minimum Gasteiger partial charge on any atom is -0.469 e.